The number of ether oxygens (including phenoxy) is 2. The number of nitrogens with two attached hydrogens (primary N) is 1. The van der Waals surface area contributed by atoms with Crippen LogP contribution in [-0.2, 0) is 19.4 Å². The number of benzene rings is 3. The molecule has 0 saturated carbocycles. The highest BCUT2D eigenvalue weighted by atomic mass is 16.5. The van der Waals surface area contributed by atoms with Gasteiger partial charge in [-0.1, -0.05) is 24.3 Å². The van der Waals surface area contributed by atoms with Crippen LogP contribution < -0.4 is 20.5 Å². The van der Waals surface area contributed by atoms with E-state index in [1.807, 2.05) is 18.2 Å². The Labute approximate surface area is 205 Å². The Kier molecular flexibility index (Phi) is 7.67. The van der Waals surface area contributed by atoms with Crippen LogP contribution in [0.25, 0.3) is 0 Å². The molecule has 1 aliphatic rings. The van der Waals surface area contributed by atoms with Crippen LogP contribution in [0.4, 0.5) is 5.69 Å². The summed E-state index contributed by atoms with van der Waals surface area (Å²) in [5.74, 6) is 0.577. The molecule has 0 atom stereocenters. The summed E-state index contributed by atoms with van der Waals surface area (Å²) in [6.45, 7) is 2.89. The largest absolute Gasteiger partial charge is 0.493 e. The van der Waals surface area contributed by atoms with Gasteiger partial charge in [0.25, 0.3) is 5.91 Å². The van der Waals surface area contributed by atoms with Gasteiger partial charge in [0.05, 0.1) is 25.3 Å². The summed E-state index contributed by atoms with van der Waals surface area (Å²) in [6.07, 6.45) is 2.89. The molecule has 0 unspecified atom stereocenters. The van der Waals surface area contributed by atoms with E-state index in [0.717, 1.165) is 56.0 Å². The highest BCUT2D eigenvalue weighted by Crippen LogP contribution is 2.33. The van der Waals surface area contributed by atoms with Crippen LogP contribution in [0.2, 0.25) is 0 Å². The molecule has 0 spiro atoms. The van der Waals surface area contributed by atoms with Gasteiger partial charge in [0.2, 0.25) is 5.91 Å². The lowest BCUT2D eigenvalue weighted by atomic mass is 9.98. The molecule has 35 heavy (non-hydrogen) atoms. The monoisotopic (exact) mass is 473 g/mol. The normalized spacial score (nSPS) is 13.1. The Hall–Kier alpha value is -3.84. The maximum atomic E-state index is 12.7. The summed E-state index contributed by atoms with van der Waals surface area (Å²) in [7, 11) is 3.33. The first kappa shape index (κ1) is 24.3. The van der Waals surface area contributed by atoms with Crippen molar-refractivity contribution in [3.05, 3.63) is 88.5 Å². The standard InChI is InChI=1S/C28H31N3O4/c1-34-25-16-20-12-14-31(18-21(20)17-26(25)35-2)13-6-8-19-7-5-9-22(15-19)30-28(33)24-11-4-3-10-23(24)27(29)32/h3-5,7,9-11,15-17H,6,8,12-14,18H2,1-2H3,(H2,29,32)(H,30,33). The lowest BCUT2D eigenvalue weighted by Gasteiger charge is -2.29. The number of anilines is 1. The van der Waals surface area contributed by atoms with Crippen molar-refractivity contribution >= 4 is 17.5 Å². The van der Waals surface area contributed by atoms with Gasteiger partial charge in [-0.15, -0.1) is 0 Å². The van der Waals surface area contributed by atoms with E-state index in [2.05, 4.69) is 28.4 Å². The molecule has 3 N–H and O–H groups in total. The molecule has 1 aliphatic heterocycles. The first-order valence-corrected chi connectivity index (χ1v) is 11.7. The van der Waals surface area contributed by atoms with Crippen LogP contribution in [-0.4, -0.2) is 44.0 Å². The lowest BCUT2D eigenvalue weighted by molar-refractivity contribution is 0.0977. The van der Waals surface area contributed by atoms with Gasteiger partial charge in [-0.25, -0.2) is 0 Å². The molecular formula is C28H31N3O4. The molecule has 3 aromatic carbocycles. The highest BCUT2D eigenvalue weighted by Gasteiger charge is 2.19. The van der Waals surface area contributed by atoms with Crippen LogP contribution in [0, 0.1) is 0 Å². The lowest BCUT2D eigenvalue weighted by Crippen LogP contribution is -2.31. The number of nitrogens with zero attached hydrogens (tertiary/aromatic N) is 1. The Bertz CT molecular complexity index is 1220. The molecule has 3 aromatic rings. The topological polar surface area (TPSA) is 93.9 Å². The number of nitrogens with one attached hydrogen (secondary N) is 1. The maximum Gasteiger partial charge on any atom is 0.256 e. The van der Waals surface area contributed by atoms with Crippen molar-refractivity contribution < 1.29 is 19.1 Å². The minimum Gasteiger partial charge on any atom is -0.493 e. The van der Waals surface area contributed by atoms with Crippen molar-refractivity contribution in [3.8, 4) is 11.5 Å². The van der Waals surface area contributed by atoms with Gasteiger partial charge in [0, 0.05) is 18.8 Å². The van der Waals surface area contributed by atoms with E-state index < -0.39 is 5.91 Å². The molecule has 0 saturated heterocycles. The zero-order chi connectivity index (χ0) is 24.8. The van der Waals surface area contributed by atoms with Gasteiger partial charge in [-0.3, -0.25) is 14.5 Å². The van der Waals surface area contributed by atoms with E-state index in [-0.39, 0.29) is 17.0 Å². The zero-order valence-corrected chi connectivity index (χ0v) is 20.2. The van der Waals surface area contributed by atoms with Crippen molar-refractivity contribution in [3.63, 3.8) is 0 Å². The third-order valence-electron chi connectivity index (χ3n) is 6.36. The highest BCUT2D eigenvalue weighted by molar-refractivity contribution is 6.11. The molecule has 4 rings (SSSR count). The molecule has 0 bridgehead atoms. The van der Waals surface area contributed by atoms with Crippen LogP contribution in [0.15, 0.2) is 60.7 Å². The van der Waals surface area contributed by atoms with Crippen molar-refractivity contribution in [1.29, 1.82) is 0 Å². The second-order valence-electron chi connectivity index (χ2n) is 8.67. The van der Waals surface area contributed by atoms with Crippen molar-refractivity contribution in [2.45, 2.75) is 25.8 Å². The van der Waals surface area contributed by atoms with Crippen LogP contribution in [0.1, 0.15) is 43.8 Å². The smallest absolute Gasteiger partial charge is 0.256 e. The van der Waals surface area contributed by atoms with Gasteiger partial charge in [-0.2, -0.15) is 0 Å². The van der Waals surface area contributed by atoms with Crippen LogP contribution in [0.3, 0.4) is 0 Å². The molecule has 7 nitrogen and oxygen atoms in total. The Morgan fingerprint density at radius 2 is 1.66 bits per heavy atom. The first-order valence-electron chi connectivity index (χ1n) is 11.7. The minimum absolute atomic E-state index is 0.209. The predicted octanol–water partition coefficient (Wildman–Crippen LogP) is 4.05. The van der Waals surface area contributed by atoms with E-state index in [1.54, 1.807) is 38.5 Å². The number of primary amides is 1. The molecule has 2 amide bonds. The molecule has 0 radical (unpaired) electrons. The Morgan fingerprint density at radius 3 is 2.37 bits per heavy atom. The molecular weight excluding hydrogens is 442 g/mol. The number of amides is 2. The van der Waals surface area contributed by atoms with Crippen molar-refractivity contribution in [2.75, 3.05) is 32.6 Å². The Balaban J connectivity index is 1.33. The average Bonchev–Trinajstić information content (AvgIpc) is 2.88. The minimum atomic E-state index is -0.623. The van der Waals surface area contributed by atoms with Gasteiger partial charge in [0.15, 0.2) is 11.5 Å². The summed E-state index contributed by atoms with van der Waals surface area (Å²) in [5, 5.41) is 2.89. The maximum absolute atomic E-state index is 12.7. The average molecular weight is 474 g/mol. The summed E-state index contributed by atoms with van der Waals surface area (Å²) in [6, 6.07) is 18.5. The van der Waals surface area contributed by atoms with E-state index in [1.165, 1.54) is 11.1 Å². The first-order chi connectivity index (χ1) is 17.0. The second-order valence-corrected chi connectivity index (χ2v) is 8.67. The third kappa shape index (κ3) is 5.81. The predicted molar refractivity (Wildman–Crippen MR) is 136 cm³/mol. The fraction of sp³-hybridized carbons (Fsp3) is 0.286. The summed E-state index contributed by atoms with van der Waals surface area (Å²) >= 11 is 0. The molecule has 7 heteroatoms. The van der Waals surface area contributed by atoms with Crippen molar-refractivity contribution in [2.24, 2.45) is 5.73 Å². The molecule has 0 aliphatic carbocycles. The zero-order valence-electron chi connectivity index (χ0n) is 20.2. The van der Waals surface area contributed by atoms with Crippen molar-refractivity contribution in [1.82, 2.24) is 4.90 Å². The molecule has 0 aromatic heterocycles. The summed E-state index contributed by atoms with van der Waals surface area (Å²) in [4.78, 5) is 26.8. The van der Waals surface area contributed by atoms with Crippen LogP contribution >= 0.6 is 0 Å². The Morgan fingerprint density at radius 1 is 0.943 bits per heavy atom. The summed E-state index contributed by atoms with van der Waals surface area (Å²) < 4.78 is 10.9. The number of hydrogen-bond acceptors (Lipinski definition) is 5. The SMILES string of the molecule is COc1cc2c(cc1OC)CN(CCCc1cccc(NC(=O)c3ccccc3C(N)=O)c1)CC2. The van der Waals surface area contributed by atoms with E-state index in [4.69, 9.17) is 15.2 Å². The van der Waals surface area contributed by atoms with Gasteiger partial charge >= 0.3 is 0 Å². The van der Waals surface area contributed by atoms with Gasteiger partial charge in [-0.05, 0) is 78.9 Å². The van der Waals surface area contributed by atoms with Gasteiger partial charge < -0.3 is 20.5 Å². The number of methoxy groups -OCH3 is 2. The fourth-order valence-corrected chi connectivity index (χ4v) is 4.54. The number of fused-ring (bicyclic) bond motifs is 1. The number of carbonyl (C=O) groups excluding carboxylic acids is 2. The fourth-order valence-electron chi connectivity index (χ4n) is 4.54. The van der Waals surface area contributed by atoms with E-state index in [9.17, 15) is 9.59 Å². The van der Waals surface area contributed by atoms with Crippen LogP contribution in [0.5, 0.6) is 11.5 Å². The third-order valence-corrected chi connectivity index (χ3v) is 6.36. The molecule has 1 heterocycles. The van der Waals surface area contributed by atoms with Gasteiger partial charge in [0.1, 0.15) is 0 Å². The number of carbonyl (C=O) groups is 2. The quantitative estimate of drug-likeness (QED) is 0.489. The molecule has 182 valence electrons. The number of aryl methyl sites for hydroxylation is 1. The molecule has 0 fully saturated rings. The van der Waals surface area contributed by atoms with E-state index >= 15 is 0 Å². The number of hydrogen-bond donors (Lipinski definition) is 2. The second kappa shape index (κ2) is 11.1. The number of rotatable bonds is 9. The van der Waals surface area contributed by atoms with E-state index in [0.29, 0.717) is 5.69 Å². The summed E-state index contributed by atoms with van der Waals surface area (Å²) in [5.41, 5.74) is 10.3.